The Morgan fingerprint density at radius 3 is 0.934 bits per heavy atom. The SMILES string of the molecule is c1ccc(-c2ccc(N(c3ccccc3)c3ccc4ccc5c(N(c6ccccc6)c6ccc(-c7ccccc7)cc6-c6ccccc6)ccc6ccc3c4c65)c(-c3ccccc3)c2)cc1.c1ccc2cc(-c3c4ccccc4c(-c4ccc(-c5cccc6ccccc56)cc4)c4ccccc34)ccc2c1. The normalized spacial score (nSPS) is 11.4. The molecular weight excluding hydrogens is 1280 g/mol. The van der Waals surface area contributed by atoms with Crippen molar-refractivity contribution in [3.8, 4) is 77.9 Å². The van der Waals surface area contributed by atoms with Crippen molar-refractivity contribution >= 4 is 110 Å². The predicted octanol–water partition coefficient (Wildman–Crippen LogP) is 29.5. The van der Waals surface area contributed by atoms with Crippen LogP contribution in [0.5, 0.6) is 0 Å². The summed E-state index contributed by atoms with van der Waals surface area (Å²) >= 11 is 0. The van der Waals surface area contributed by atoms with Crippen molar-refractivity contribution in [2.24, 2.45) is 0 Å². The van der Waals surface area contributed by atoms with E-state index in [9.17, 15) is 0 Å². The van der Waals surface area contributed by atoms with Gasteiger partial charge in [0.2, 0.25) is 0 Å². The van der Waals surface area contributed by atoms with Gasteiger partial charge in [-0.3, -0.25) is 0 Å². The third-order valence-electron chi connectivity index (χ3n) is 21.2. The molecule has 0 unspecified atom stereocenters. The van der Waals surface area contributed by atoms with E-state index in [1.54, 1.807) is 0 Å². The summed E-state index contributed by atoms with van der Waals surface area (Å²) in [6.45, 7) is 0. The first-order chi connectivity index (χ1) is 52.6. The second-order valence-electron chi connectivity index (χ2n) is 27.4. The molecular formula is C104H70N2. The van der Waals surface area contributed by atoms with E-state index < -0.39 is 0 Å². The third kappa shape index (κ3) is 11.5. The highest BCUT2D eigenvalue weighted by atomic mass is 15.2. The molecule has 0 aliphatic rings. The van der Waals surface area contributed by atoms with Crippen LogP contribution in [0.1, 0.15) is 0 Å². The molecule has 496 valence electrons. The lowest BCUT2D eigenvalue weighted by molar-refractivity contribution is 1.30. The molecule has 0 atom stereocenters. The lowest BCUT2D eigenvalue weighted by Gasteiger charge is -2.31. The van der Waals surface area contributed by atoms with Crippen LogP contribution in [0.4, 0.5) is 34.1 Å². The molecule has 0 radical (unpaired) electrons. The van der Waals surface area contributed by atoms with E-state index in [-0.39, 0.29) is 0 Å². The molecule has 0 aromatic heterocycles. The number of nitrogens with zero attached hydrogens (tertiary/aromatic N) is 2. The molecule has 0 fully saturated rings. The first kappa shape index (κ1) is 63.0. The average Bonchev–Trinajstić information content (AvgIpc) is 0.713. The molecule has 2 nitrogen and oxygen atoms in total. The van der Waals surface area contributed by atoms with Gasteiger partial charge in [0, 0.05) is 33.3 Å². The molecule has 0 aliphatic heterocycles. The van der Waals surface area contributed by atoms with Gasteiger partial charge in [-0.25, -0.2) is 0 Å². The fraction of sp³-hybridized carbons (Fsp3) is 0. The van der Waals surface area contributed by atoms with Crippen molar-refractivity contribution in [2.45, 2.75) is 0 Å². The van der Waals surface area contributed by atoms with Crippen molar-refractivity contribution in [1.29, 1.82) is 0 Å². The van der Waals surface area contributed by atoms with Crippen LogP contribution in [0.15, 0.2) is 425 Å². The summed E-state index contributed by atoms with van der Waals surface area (Å²) in [5.74, 6) is 0. The first-order valence-corrected chi connectivity index (χ1v) is 36.5. The zero-order valence-corrected chi connectivity index (χ0v) is 58.3. The smallest absolute Gasteiger partial charge is 0.0540 e. The van der Waals surface area contributed by atoms with Gasteiger partial charge in [0.05, 0.1) is 22.7 Å². The van der Waals surface area contributed by atoms with Crippen LogP contribution in [-0.2, 0) is 0 Å². The van der Waals surface area contributed by atoms with Gasteiger partial charge >= 0.3 is 0 Å². The monoisotopic (exact) mass is 1350 g/mol. The average molecular weight is 1350 g/mol. The van der Waals surface area contributed by atoms with Gasteiger partial charge in [-0.15, -0.1) is 0 Å². The van der Waals surface area contributed by atoms with E-state index in [0.717, 1.165) is 34.1 Å². The third-order valence-corrected chi connectivity index (χ3v) is 21.2. The number of hydrogen-bond donors (Lipinski definition) is 0. The number of para-hydroxylation sites is 2. The lowest BCUT2D eigenvalue weighted by Crippen LogP contribution is -2.13. The van der Waals surface area contributed by atoms with Crippen molar-refractivity contribution in [2.75, 3.05) is 9.80 Å². The molecule has 20 aromatic rings. The van der Waals surface area contributed by atoms with Crippen LogP contribution < -0.4 is 9.80 Å². The van der Waals surface area contributed by atoms with Gasteiger partial charge in [0.1, 0.15) is 0 Å². The first-order valence-electron chi connectivity index (χ1n) is 36.5. The Bertz CT molecular complexity index is 6290. The van der Waals surface area contributed by atoms with E-state index in [0.29, 0.717) is 0 Å². The molecule has 0 heterocycles. The minimum Gasteiger partial charge on any atom is -0.309 e. The summed E-state index contributed by atoms with van der Waals surface area (Å²) in [4.78, 5) is 4.92. The standard InChI is InChI=1S/C64H44N2.C40H26/c1-7-19-45(20-8-1)51-35-41-61(57(43-51)47-23-11-3-12-24-47)65(53-27-15-5-16-28-53)59-39-33-49-32-38-56-60(40-34-50-31-37-55(59)63(49)64(50)56)66(54-29-17-6-18-30-54)62-42-36-52(46-21-9-2-10-22-46)44-58(62)48-25-13-4-14-26-48;1-2-12-31-26-32(25-20-27(31)10-1)40-37-17-7-5-15-35(37)39(36-16-6-8-18-38(36)40)30-23-21-29(22-24-30)34-19-9-13-28-11-3-4-14-33(28)34/h1-44H;1-26H. The largest absolute Gasteiger partial charge is 0.309 e. The predicted molar refractivity (Wildman–Crippen MR) is 454 cm³/mol. The Kier molecular flexibility index (Phi) is 16.3. The van der Waals surface area contributed by atoms with Gasteiger partial charge < -0.3 is 9.80 Å². The van der Waals surface area contributed by atoms with E-state index in [1.807, 2.05) is 0 Å². The second-order valence-corrected chi connectivity index (χ2v) is 27.4. The molecule has 20 rings (SSSR count). The van der Waals surface area contributed by atoms with Gasteiger partial charge in [-0.1, -0.05) is 358 Å². The number of rotatable bonds is 13. The molecule has 0 saturated carbocycles. The summed E-state index contributed by atoms with van der Waals surface area (Å²) < 4.78 is 0. The summed E-state index contributed by atoms with van der Waals surface area (Å²) in [5.41, 5.74) is 23.7. The zero-order valence-electron chi connectivity index (χ0n) is 58.3. The van der Waals surface area contributed by atoms with Crippen LogP contribution in [0, 0.1) is 0 Å². The molecule has 20 aromatic carbocycles. The lowest BCUT2D eigenvalue weighted by atomic mass is 9.85. The molecule has 2 heteroatoms. The summed E-state index contributed by atoms with van der Waals surface area (Å²) in [7, 11) is 0. The number of anilines is 6. The van der Waals surface area contributed by atoms with E-state index in [2.05, 4.69) is 434 Å². The Balaban J connectivity index is 0.000000164. The molecule has 106 heavy (non-hydrogen) atoms. The van der Waals surface area contributed by atoms with Crippen LogP contribution in [0.25, 0.3) is 153 Å². The summed E-state index contributed by atoms with van der Waals surface area (Å²) in [5, 5.41) is 17.5. The Morgan fingerprint density at radius 1 is 0.142 bits per heavy atom. The number of benzene rings is 20. The summed E-state index contributed by atoms with van der Waals surface area (Å²) in [6, 6.07) is 155. The van der Waals surface area contributed by atoms with E-state index in [4.69, 9.17) is 0 Å². The van der Waals surface area contributed by atoms with Gasteiger partial charge in [0.15, 0.2) is 0 Å². The Labute approximate surface area is 617 Å². The number of hydrogen-bond acceptors (Lipinski definition) is 2. The number of fused-ring (bicyclic) bond motifs is 4. The van der Waals surface area contributed by atoms with Gasteiger partial charge in [-0.05, 0) is 198 Å². The van der Waals surface area contributed by atoms with Crippen LogP contribution in [-0.4, -0.2) is 0 Å². The molecule has 0 saturated heterocycles. The van der Waals surface area contributed by atoms with Crippen LogP contribution in [0.2, 0.25) is 0 Å². The van der Waals surface area contributed by atoms with Crippen molar-refractivity contribution in [3.63, 3.8) is 0 Å². The Hall–Kier alpha value is -13.9. The zero-order chi connectivity index (χ0) is 70.3. The van der Waals surface area contributed by atoms with Gasteiger partial charge in [0.25, 0.3) is 0 Å². The van der Waals surface area contributed by atoms with Crippen molar-refractivity contribution < 1.29 is 0 Å². The van der Waals surface area contributed by atoms with E-state index >= 15 is 0 Å². The molecule has 0 bridgehead atoms. The maximum absolute atomic E-state index is 2.46. The molecule has 0 aliphatic carbocycles. The van der Waals surface area contributed by atoms with Gasteiger partial charge in [-0.2, -0.15) is 0 Å². The minimum absolute atomic E-state index is 1.10. The highest BCUT2D eigenvalue weighted by Gasteiger charge is 2.26. The van der Waals surface area contributed by atoms with Crippen molar-refractivity contribution in [3.05, 3.63) is 425 Å². The molecule has 0 N–H and O–H groups in total. The second kappa shape index (κ2) is 27.5. The minimum atomic E-state index is 1.10. The molecule has 0 amide bonds. The summed E-state index contributed by atoms with van der Waals surface area (Å²) in [6.07, 6.45) is 0. The highest BCUT2D eigenvalue weighted by Crippen LogP contribution is 2.52. The van der Waals surface area contributed by atoms with Crippen LogP contribution >= 0.6 is 0 Å². The maximum atomic E-state index is 2.46. The Morgan fingerprint density at radius 2 is 0.462 bits per heavy atom. The molecule has 0 spiro atoms. The topological polar surface area (TPSA) is 6.48 Å². The van der Waals surface area contributed by atoms with Crippen molar-refractivity contribution in [1.82, 2.24) is 0 Å². The fourth-order valence-electron chi connectivity index (χ4n) is 16.3. The van der Waals surface area contributed by atoms with E-state index in [1.165, 1.54) is 153 Å². The van der Waals surface area contributed by atoms with Crippen LogP contribution in [0.3, 0.4) is 0 Å². The maximum Gasteiger partial charge on any atom is 0.0540 e. The quantitative estimate of drug-likeness (QED) is 0.0838. The highest BCUT2D eigenvalue weighted by molar-refractivity contribution is 6.29. The fourth-order valence-corrected chi connectivity index (χ4v) is 16.3.